The summed E-state index contributed by atoms with van der Waals surface area (Å²) in [7, 11) is 0. The lowest BCUT2D eigenvalue weighted by molar-refractivity contribution is 0.0913. The highest BCUT2D eigenvalue weighted by molar-refractivity contribution is 5.95. The Hall–Kier alpha value is -1.62. The van der Waals surface area contributed by atoms with E-state index in [0.29, 0.717) is 17.8 Å². The first-order valence-electron chi connectivity index (χ1n) is 6.51. The summed E-state index contributed by atoms with van der Waals surface area (Å²) in [6.45, 7) is 1.94. The van der Waals surface area contributed by atoms with Gasteiger partial charge < -0.3 is 16.2 Å². The van der Waals surface area contributed by atoms with E-state index in [-0.39, 0.29) is 17.6 Å². The fraction of sp³-hybridized carbons (Fsp3) is 0.500. The second kappa shape index (κ2) is 5.57. The van der Waals surface area contributed by atoms with Gasteiger partial charge in [-0.15, -0.1) is 0 Å². The molecule has 1 aliphatic carbocycles. The number of aliphatic hydroxyl groups excluding tert-OH is 1. The van der Waals surface area contributed by atoms with Crippen molar-refractivity contribution in [1.82, 2.24) is 5.32 Å². The fourth-order valence-electron chi connectivity index (χ4n) is 2.54. The van der Waals surface area contributed by atoms with E-state index >= 15 is 0 Å². The van der Waals surface area contributed by atoms with Crippen molar-refractivity contribution in [1.29, 1.82) is 0 Å². The van der Waals surface area contributed by atoms with Crippen molar-refractivity contribution in [2.75, 3.05) is 12.3 Å². The van der Waals surface area contributed by atoms with Crippen LogP contribution in [0, 0.1) is 18.7 Å². The Labute approximate surface area is 111 Å². The summed E-state index contributed by atoms with van der Waals surface area (Å²) in [5, 5.41) is 12.3. The number of aryl methyl sites for hydroxylation is 1. The van der Waals surface area contributed by atoms with Crippen LogP contribution in [0.3, 0.4) is 0 Å². The van der Waals surface area contributed by atoms with Gasteiger partial charge in [0, 0.05) is 18.2 Å². The molecule has 1 aromatic carbocycles. The molecule has 1 amide bonds. The molecular weight excluding hydrogens is 247 g/mol. The number of rotatable bonds is 3. The molecule has 4 N–H and O–H groups in total. The maximum Gasteiger partial charge on any atom is 0.254 e. The number of aliphatic hydroxyl groups is 1. The van der Waals surface area contributed by atoms with Crippen molar-refractivity contribution in [3.63, 3.8) is 0 Å². The number of amides is 1. The molecule has 0 heterocycles. The van der Waals surface area contributed by atoms with Crippen molar-refractivity contribution in [3.8, 4) is 0 Å². The number of carbonyl (C=O) groups is 1. The van der Waals surface area contributed by atoms with Crippen LogP contribution in [0.5, 0.6) is 0 Å². The molecule has 0 spiro atoms. The minimum absolute atomic E-state index is 0.0370. The highest BCUT2D eigenvalue weighted by Gasteiger charge is 2.26. The molecule has 0 aromatic heterocycles. The molecule has 5 heteroatoms. The van der Waals surface area contributed by atoms with Crippen molar-refractivity contribution in [3.05, 3.63) is 29.1 Å². The predicted octanol–water partition coefficient (Wildman–Crippen LogP) is 1.61. The Morgan fingerprint density at radius 2 is 2.26 bits per heavy atom. The topological polar surface area (TPSA) is 75.4 Å². The molecule has 2 unspecified atom stereocenters. The predicted molar refractivity (Wildman–Crippen MR) is 71.2 cm³/mol. The summed E-state index contributed by atoms with van der Waals surface area (Å²) in [5.41, 5.74) is 6.30. The largest absolute Gasteiger partial charge is 0.399 e. The molecule has 0 radical (unpaired) electrons. The van der Waals surface area contributed by atoms with Crippen LogP contribution in [0.1, 0.15) is 35.2 Å². The standard InChI is InChI=1S/C14H19FN2O2/c1-8-5-10(16)6-11(13(8)15)14(19)17-7-9-3-2-4-12(9)18/h5-6,9,12,18H,2-4,7,16H2,1H3,(H,17,19). The normalized spacial score (nSPS) is 22.5. The lowest BCUT2D eigenvalue weighted by atomic mass is 10.1. The third-order valence-electron chi connectivity index (χ3n) is 3.67. The molecule has 1 saturated carbocycles. The number of hydrogen-bond donors (Lipinski definition) is 3. The van der Waals surface area contributed by atoms with Crippen molar-refractivity contribution < 1.29 is 14.3 Å². The number of anilines is 1. The number of halogens is 1. The third kappa shape index (κ3) is 3.04. The van der Waals surface area contributed by atoms with Gasteiger partial charge in [-0.1, -0.05) is 6.42 Å². The summed E-state index contributed by atoms with van der Waals surface area (Å²) < 4.78 is 13.8. The van der Waals surface area contributed by atoms with Gasteiger partial charge in [0.2, 0.25) is 0 Å². The lowest BCUT2D eigenvalue weighted by Crippen LogP contribution is -2.33. The van der Waals surface area contributed by atoms with E-state index < -0.39 is 11.7 Å². The van der Waals surface area contributed by atoms with Gasteiger partial charge in [0.25, 0.3) is 5.91 Å². The van der Waals surface area contributed by atoms with Crippen LogP contribution < -0.4 is 11.1 Å². The van der Waals surface area contributed by atoms with Crippen LogP contribution in [-0.4, -0.2) is 23.7 Å². The van der Waals surface area contributed by atoms with Gasteiger partial charge >= 0.3 is 0 Å². The zero-order valence-corrected chi connectivity index (χ0v) is 10.9. The number of nitrogen functional groups attached to an aromatic ring is 1. The number of hydrogen-bond acceptors (Lipinski definition) is 3. The van der Waals surface area contributed by atoms with E-state index in [0.717, 1.165) is 19.3 Å². The molecular formula is C14H19FN2O2. The zero-order chi connectivity index (χ0) is 14.0. The van der Waals surface area contributed by atoms with E-state index in [9.17, 15) is 14.3 Å². The summed E-state index contributed by atoms with van der Waals surface area (Å²) in [6.07, 6.45) is 2.26. The van der Waals surface area contributed by atoms with Gasteiger partial charge in [0.05, 0.1) is 11.7 Å². The lowest BCUT2D eigenvalue weighted by Gasteiger charge is -2.15. The molecule has 1 fully saturated rings. The zero-order valence-electron chi connectivity index (χ0n) is 10.9. The summed E-state index contributed by atoms with van der Waals surface area (Å²) in [4.78, 5) is 11.9. The minimum atomic E-state index is -0.543. The Bertz CT molecular complexity index is 491. The molecule has 0 aliphatic heterocycles. The molecule has 1 aromatic rings. The summed E-state index contributed by atoms with van der Waals surface area (Å²) >= 11 is 0. The first-order valence-corrected chi connectivity index (χ1v) is 6.51. The number of nitrogens with two attached hydrogens (primary N) is 1. The number of benzene rings is 1. The van der Waals surface area contributed by atoms with E-state index in [1.165, 1.54) is 12.1 Å². The molecule has 0 bridgehead atoms. The molecule has 0 saturated heterocycles. The van der Waals surface area contributed by atoms with Crippen LogP contribution in [0.2, 0.25) is 0 Å². The molecule has 104 valence electrons. The van der Waals surface area contributed by atoms with Crippen LogP contribution in [0.15, 0.2) is 12.1 Å². The number of nitrogens with one attached hydrogen (secondary N) is 1. The summed E-state index contributed by atoms with van der Waals surface area (Å²) in [5.74, 6) is -0.958. The van der Waals surface area contributed by atoms with Crippen LogP contribution in [0.25, 0.3) is 0 Å². The maximum absolute atomic E-state index is 13.8. The minimum Gasteiger partial charge on any atom is -0.399 e. The van der Waals surface area contributed by atoms with Crippen LogP contribution >= 0.6 is 0 Å². The smallest absolute Gasteiger partial charge is 0.254 e. The van der Waals surface area contributed by atoms with Gasteiger partial charge in [-0.3, -0.25) is 4.79 Å². The van der Waals surface area contributed by atoms with E-state index in [1.807, 2.05) is 0 Å². The molecule has 2 rings (SSSR count). The Kier molecular flexibility index (Phi) is 4.04. The Morgan fingerprint density at radius 3 is 2.89 bits per heavy atom. The molecule has 1 aliphatic rings. The highest BCUT2D eigenvalue weighted by Crippen LogP contribution is 2.25. The second-order valence-corrected chi connectivity index (χ2v) is 5.17. The monoisotopic (exact) mass is 266 g/mol. The number of carbonyl (C=O) groups excluding carboxylic acids is 1. The second-order valence-electron chi connectivity index (χ2n) is 5.17. The van der Waals surface area contributed by atoms with Crippen molar-refractivity contribution in [2.45, 2.75) is 32.3 Å². The first kappa shape index (κ1) is 13.8. The Morgan fingerprint density at radius 1 is 1.53 bits per heavy atom. The maximum atomic E-state index is 13.8. The average molecular weight is 266 g/mol. The molecule has 2 atom stereocenters. The van der Waals surface area contributed by atoms with Gasteiger partial charge in [0.15, 0.2) is 0 Å². The van der Waals surface area contributed by atoms with E-state index in [1.54, 1.807) is 6.92 Å². The highest BCUT2D eigenvalue weighted by atomic mass is 19.1. The third-order valence-corrected chi connectivity index (χ3v) is 3.67. The Balaban J connectivity index is 2.04. The van der Waals surface area contributed by atoms with Crippen molar-refractivity contribution >= 4 is 11.6 Å². The van der Waals surface area contributed by atoms with E-state index in [2.05, 4.69) is 5.32 Å². The SMILES string of the molecule is Cc1cc(N)cc(C(=O)NCC2CCCC2O)c1F. The van der Waals surface area contributed by atoms with Gasteiger partial charge in [0.1, 0.15) is 5.82 Å². The van der Waals surface area contributed by atoms with E-state index in [4.69, 9.17) is 5.73 Å². The van der Waals surface area contributed by atoms with Gasteiger partial charge in [-0.05, 0) is 37.5 Å². The summed E-state index contributed by atoms with van der Waals surface area (Å²) in [6, 6.07) is 2.83. The fourth-order valence-corrected chi connectivity index (χ4v) is 2.54. The van der Waals surface area contributed by atoms with Gasteiger partial charge in [-0.25, -0.2) is 4.39 Å². The molecule has 4 nitrogen and oxygen atoms in total. The van der Waals surface area contributed by atoms with Crippen LogP contribution in [0.4, 0.5) is 10.1 Å². The first-order chi connectivity index (χ1) is 8.99. The van der Waals surface area contributed by atoms with Crippen molar-refractivity contribution in [2.24, 2.45) is 5.92 Å². The average Bonchev–Trinajstić information content (AvgIpc) is 2.76. The van der Waals surface area contributed by atoms with Crippen LogP contribution in [-0.2, 0) is 0 Å². The quantitative estimate of drug-likeness (QED) is 0.727. The van der Waals surface area contributed by atoms with Gasteiger partial charge in [-0.2, -0.15) is 0 Å². The molecule has 19 heavy (non-hydrogen) atoms.